The molecule has 0 bridgehead atoms. The Hall–Kier alpha value is -1.02. The smallest absolute Gasteiger partial charge is 0.122 e. The first-order valence-corrected chi connectivity index (χ1v) is 8.66. The fraction of sp³-hybridized carbons (Fsp3) is 0.684. The van der Waals surface area contributed by atoms with Crippen LogP contribution in [0.15, 0.2) is 18.2 Å². The first kappa shape index (κ1) is 14.9. The van der Waals surface area contributed by atoms with Crippen molar-refractivity contribution in [3.63, 3.8) is 0 Å². The van der Waals surface area contributed by atoms with Crippen LogP contribution in [0, 0.1) is 17.8 Å². The molecule has 1 aliphatic heterocycles. The number of benzene rings is 1. The maximum atomic E-state index is 5.65. The molecule has 0 saturated heterocycles. The molecule has 3 atom stereocenters. The summed E-state index contributed by atoms with van der Waals surface area (Å²) in [5.41, 5.74) is 2.86. The van der Waals surface area contributed by atoms with E-state index in [4.69, 9.17) is 4.74 Å². The van der Waals surface area contributed by atoms with Crippen molar-refractivity contribution in [2.24, 2.45) is 17.8 Å². The molecule has 2 nitrogen and oxygen atoms in total. The van der Waals surface area contributed by atoms with Gasteiger partial charge in [0.05, 0.1) is 6.61 Å². The molecule has 0 spiro atoms. The molecule has 2 aliphatic rings. The Labute approximate surface area is 129 Å². The van der Waals surface area contributed by atoms with Crippen LogP contribution in [-0.2, 0) is 6.42 Å². The standard InChI is InChI=1S/C19H29NO/c1-4-20-19(17-10-13(2)9-14(3)11-17)16-5-6-18-15(12-16)7-8-21-18/h5-6,12-14,17,19-20H,4,7-11H2,1-3H3. The predicted octanol–water partition coefficient (Wildman–Crippen LogP) is 4.34. The van der Waals surface area contributed by atoms with Gasteiger partial charge in [-0.25, -0.2) is 0 Å². The minimum absolute atomic E-state index is 0.506. The van der Waals surface area contributed by atoms with Gasteiger partial charge in [-0.05, 0) is 60.8 Å². The highest BCUT2D eigenvalue weighted by atomic mass is 16.5. The van der Waals surface area contributed by atoms with Crippen LogP contribution in [0.4, 0.5) is 0 Å². The van der Waals surface area contributed by atoms with Gasteiger partial charge in [0, 0.05) is 12.5 Å². The van der Waals surface area contributed by atoms with Crippen LogP contribution in [0.1, 0.15) is 57.2 Å². The van der Waals surface area contributed by atoms with E-state index >= 15 is 0 Å². The van der Waals surface area contributed by atoms with E-state index in [9.17, 15) is 0 Å². The molecule has 2 heteroatoms. The first-order chi connectivity index (χ1) is 10.2. The fourth-order valence-electron chi connectivity index (χ4n) is 4.46. The zero-order chi connectivity index (χ0) is 14.8. The summed E-state index contributed by atoms with van der Waals surface area (Å²) in [5, 5.41) is 3.76. The summed E-state index contributed by atoms with van der Waals surface area (Å²) in [6.45, 7) is 8.95. The van der Waals surface area contributed by atoms with E-state index in [0.717, 1.165) is 43.1 Å². The molecule has 3 unspecified atom stereocenters. The van der Waals surface area contributed by atoms with Crippen LogP contribution < -0.4 is 10.1 Å². The zero-order valence-corrected chi connectivity index (χ0v) is 13.7. The van der Waals surface area contributed by atoms with Crippen LogP contribution in [-0.4, -0.2) is 13.2 Å². The summed E-state index contributed by atoms with van der Waals surface area (Å²) in [5.74, 6) is 3.58. The van der Waals surface area contributed by atoms with Crippen molar-refractivity contribution < 1.29 is 4.74 Å². The minimum Gasteiger partial charge on any atom is -0.493 e. The maximum Gasteiger partial charge on any atom is 0.122 e. The quantitative estimate of drug-likeness (QED) is 0.889. The molecular formula is C19H29NO. The number of hydrogen-bond acceptors (Lipinski definition) is 2. The highest BCUT2D eigenvalue weighted by Gasteiger charge is 2.31. The Morgan fingerprint density at radius 3 is 2.67 bits per heavy atom. The SMILES string of the molecule is CCNC(c1ccc2c(c1)CCO2)C1CC(C)CC(C)C1. The van der Waals surface area contributed by atoms with Gasteiger partial charge >= 0.3 is 0 Å². The molecule has 1 saturated carbocycles. The summed E-state index contributed by atoms with van der Waals surface area (Å²) >= 11 is 0. The van der Waals surface area contributed by atoms with Crippen molar-refractivity contribution in [3.8, 4) is 5.75 Å². The summed E-state index contributed by atoms with van der Waals surface area (Å²) in [6.07, 6.45) is 5.18. The monoisotopic (exact) mass is 287 g/mol. The van der Waals surface area contributed by atoms with Crippen LogP contribution in [0.5, 0.6) is 5.75 Å². The van der Waals surface area contributed by atoms with Crippen molar-refractivity contribution in [1.82, 2.24) is 5.32 Å². The lowest BCUT2D eigenvalue weighted by Gasteiger charge is -2.37. The van der Waals surface area contributed by atoms with Crippen molar-refractivity contribution in [2.45, 2.75) is 52.5 Å². The van der Waals surface area contributed by atoms with Gasteiger partial charge < -0.3 is 10.1 Å². The second-order valence-electron chi connectivity index (χ2n) is 7.18. The Morgan fingerprint density at radius 2 is 1.95 bits per heavy atom. The Bertz CT molecular complexity index is 474. The average molecular weight is 287 g/mol. The third kappa shape index (κ3) is 3.26. The Morgan fingerprint density at radius 1 is 1.19 bits per heavy atom. The molecule has 1 aliphatic carbocycles. The van der Waals surface area contributed by atoms with E-state index in [-0.39, 0.29) is 0 Å². The second kappa shape index (κ2) is 6.39. The molecule has 0 radical (unpaired) electrons. The van der Waals surface area contributed by atoms with Crippen molar-refractivity contribution >= 4 is 0 Å². The molecule has 1 aromatic rings. The molecule has 1 N–H and O–H groups in total. The van der Waals surface area contributed by atoms with Gasteiger partial charge in [-0.2, -0.15) is 0 Å². The van der Waals surface area contributed by atoms with Gasteiger partial charge in [0.25, 0.3) is 0 Å². The van der Waals surface area contributed by atoms with Gasteiger partial charge in [-0.3, -0.25) is 0 Å². The normalized spacial score (nSPS) is 29.8. The predicted molar refractivity (Wildman–Crippen MR) is 87.7 cm³/mol. The first-order valence-electron chi connectivity index (χ1n) is 8.66. The highest BCUT2D eigenvalue weighted by Crippen LogP contribution is 2.40. The Balaban J connectivity index is 1.83. The molecule has 0 amide bonds. The Kier molecular flexibility index (Phi) is 4.54. The van der Waals surface area contributed by atoms with E-state index in [0.29, 0.717) is 6.04 Å². The van der Waals surface area contributed by atoms with Crippen LogP contribution in [0.25, 0.3) is 0 Å². The van der Waals surface area contributed by atoms with E-state index in [2.05, 4.69) is 44.3 Å². The number of ether oxygens (including phenoxy) is 1. The van der Waals surface area contributed by atoms with Crippen molar-refractivity contribution in [1.29, 1.82) is 0 Å². The maximum absolute atomic E-state index is 5.65. The fourth-order valence-corrected chi connectivity index (χ4v) is 4.46. The van der Waals surface area contributed by atoms with Crippen molar-refractivity contribution in [3.05, 3.63) is 29.3 Å². The third-order valence-electron chi connectivity index (χ3n) is 5.18. The summed E-state index contributed by atoms with van der Waals surface area (Å²) in [7, 11) is 0. The lowest BCUT2D eigenvalue weighted by Crippen LogP contribution is -2.33. The van der Waals surface area contributed by atoms with Gasteiger partial charge in [0.15, 0.2) is 0 Å². The topological polar surface area (TPSA) is 21.3 Å². The van der Waals surface area contributed by atoms with Crippen LogP contribution in [0.2, 0.25) is 0 Å². The number of rotatable bonds is 4. The molecule has 1 aromatic carbocycles. The van der Waals surface area contributed by atoms with Gasteiger partial charge in [0.2, 0.25) is 0 Å². The number of hydrogen-bond donors (Lipinski definition) is 1. The molecule has 3 rings (SSSR count). The summed E-state index contributed by atoms with van der Waals surface area (Å²) in [6, 6.07) is 7.35. The number of fused-ring (bicyclic) bond motifs is 1. The van der Waals surface area contributed by atoms with E-state index in [1.54, 1.807) is 0 Å². The zero-order valence-electron chi connectivity index (χ0n) is 13.7. The lowest BCUT2D eigenvalue weighted by atomic mass is 9.72. The second-order valence-corrected chi connectivity index (χ2v) is 7.18. The average Bonchev–Trinajstić information content (AvgIpc) is 2.91. The van der Waals surface area contributed by atoms with Gasteiger partial charge in [0.1, 0.15) is 5.75 Å². The van der Waals surface area contributed by atoms with E-state index in [1.807, 2.05) is 0 Å². The minimum atomic E-state index is 0.506. The third-order valence-corrected chi connectivity index (χ3v) is 5.18. The lowest BCUT2D eigenvalue weighted by molar-refractivity contribution is 0.177. The molecule has 0 aromatic heterocycles. The largest absolute Gasteiger partial charge is 0.493 e. The molecule has 1 fully saturated rings. The highest BCUT2D eigenvalue weighted by molar-refractivity contribution is 5.41. The van der Waals surface area contributed by atoms with E-state index < -0.39 is 0 Å². The van der Waals surface area contributed by atoms with Crippen LogP contribution in [0.3, 0.4) is 0 Å². The molecule has 1 heterocycles. The molecule has 21 heavy (non-hydrogen) atoms. The van der Waals surface area contributed by atoms with E-state index in [1.165, 1.54) is 30.4 Å². The summed E-state index contributed by atoms with van der Waals surface area (Å²) < 4.78 is 5.65. The molecule has 116 valence electrons. The van der Waals surface area contributed by atoms with Crippen LogP contribution >= 0.6 is 0 Å². The van der Waals surface area contributed by atoms with Gasteiger partial charge in [-0.15, -0.1) is 0 Å². The number of nitrogens with one attached hydrogen (secondary N) is 1. The van der Waals surface area contributed by atoms with Crippen molar-refractivity contribution in [2.75, 3.05) is 13.2 Å². The summed E-state index contributed by atoms with van der Waals surface area (Å²) in [4.78, 5) is 0. The molecular weight excluding hydrogens is 258 g/mol. The van der Waals surface area contributed by atoms with Gasteiger partial charge in [-0.1, -0.05) is 32.9 Å².